The largest absolute Gasteiger partial charge is 0.493 e. The molecule has 1 amide bonds. The molecule has 0 spiro atoms. The van der Waals surface area contributed by atoms with Crippen LogP contribution in [0.2, 0.25) is 0 Å². The third-order valence-corrected chi connectivity index (χ3v) is 4.72. The second-order valence-electron chi connectivity index (χ2n) is 6.08. The average Bonchev–Trinajstić information content (AvgIpc) is 2.62. The molecule has 1 unspecified atom stereocenters. The molecule has 126 valence electrons. The van der Waals surface area contributed by atoms with Crippen molar-refractivity contribution in [2.75, 3.05) is 20.8 Å². The second-order valence-corrected chi connectivity index (χ2v) is 6.08. The number of methoxy groups -OCH3 is 2. The molecule has 2 aromatic carbocycles. The summed E-state index contributed by atoms with van der Waals surface area (Å²) >= 11 is 0. The predicted octanol–water partition coefficient (Wildman–Crippen LogP) is 3.39. The van der Waals surface area contributed by atoms with E-state index in [2.05, 4.69) is 25.1 Å². The Balaban J connectivity index is 1.76. The summed E-state index contributed by atoms with van der Waals surface area (Å²) in [6, 6.07) is 14.1. The van der Waals surface area contributed by atoms with Crippen LogP contribution >= 0.6 is 0 Å². The van der Waals surface area contributed by atoms with E-state index in [0.29, 0.717) is 17.9 Å². The zero-order valence-electron chi connectivity index (χ0n) is 14.4. The minimum absolute atomic E-state index is 0.114. The third-order valence-electron chi connectivity index (χ3n) is 4.72. The van der Waals surface area contributed by atoms with E-state index in [0.717, 1.165) is 18.5 Å². The summed E-state index contributed by atoms with van der Waals surface area (Å²) in [5, 5.41) is 0. The standard InChI is InChI=1S/C20H23NO3/c1-14-17-7-5-4-6-16(17)10-11-21(14)20(22)13-15-8-9-18(23-2)19(12-15)24-3/h4-9,12,14H,10-11,13H2,1-3H3. The number of nitrogens with zero attached hydrogens (tertiary/aromatic N) is 1. The van der Waals surface area contributed by atoms with Crippen LogP contribution in [0.5, 0.6) is 11.5 Å². The minimum atomic E-state index is 0.114. The van der Waals surface area contributed by atoms with E-state index in [-0.39, 0.29) is 11.9 Å². The van der Waals surface area contributed by atoms with Gasteiger partial charge in [0.05, 0.1) is 26.7 Å². The first-order valence-electron chi connectivity index (χ1n) is 8.22. The highest BCUT2D eigenvalue weighted by Gasteiger charge is 2.27. The summed E-state index contributed by atoms with van der Waals surface area (Å²) in [6.45, 7) is 2.87. The SMILES string of the molecule is COc1ccc(CC(=O)N2CCc3ccccc3C2C)cc1OC. The Kier molecular flexibility index (Phi) is 4.74. The van der Waals surface area contributed by atoms with Crippen molar-refractivity contribution in [3.8, 4) is 11.5 Å². The van der Waals surface area contributed by atoms with Gasteiger partial charge in [0.1, 0.15) is 0 Å². The van der Waals surface area contributed by atoms with Gasteiger partial charge in [0, 0.05) is 6.54 Å². The van der Waals surface area contributed by atoms with Crippen molar-refractivity contribution in [1.29, 1.82) is 0 Å². The highest BCUT2D eigenvalue weighted by molar-refractivity contribution is 5.80. The molecule has 1 aliphatic rings. The Bertz CT molecular complexity index is 741. The van der Waals surface area contributed by atoms with Crippen LogP contribution in [0.4, 0.5) is 0 Å². The number of amides is 1. The summed E-state index contributed by atoms with van der Waals surface area (Å²) in [5.41, 5.74) is 3.54. The van der Waals surface area contributed by atoms with Crippen molar-refractivity contribution < 1.29 is 14.3 Å². The molecule has 3 rings (SSSR count). The summed E-state index contributed by atoms with van der Waals surface area (Å²) in [7, 11) is 3.21. The van der Waals surface area contributed by atoms with Crippen LogP contribution in [0, 0.1) is 0 Å². The minimum Gasteiger partial charge on any atom is -0.493 e. The molecule has 0 radical (unpaired) electrons. The van der Waals surface area contributed by atoms with Gasteiger partial charge in [0.25, 0.3) is 0 Å². The van der Waals surface area contributed by atoms with Crippen LogP contribution in [0.3, 0.4) is 0 Å². The van der Waals surface area contributed by atoms with Crippen molar-refractivity contribution in [2.24, 2.45) is 0 Å². The first-order chi connectivity index (χ1) is 11.6. The molecule has 0 fully saturated rings. The Hall–Kier alpha value is -2.49. The molecule has 0 N–H and O–H groups in total. The van der Waals surface area contributed by atoms with Crippen LogP contribution < -0.4 is 9.47 Å². The summed E-state index contributed by atoms with van der Waals surface area (Å²) < 4.78 is 10.6. The van der Waals surface area contributed by atoms with E-state index in [4.69, 9.17) is 9.47 Å². The number of fused-ring (bicyclic) bond motifs is 1. The van der Waals surface area contributed by atoms with E-state index in [1.54, 1.807) is 14.2 Å². The molecular weight excluding hydrogens is 302 g/mol. The molecule has 0 saturated carbocycles. The maximum absolute atomic E-state index is 12.8. The zero-order chi connectivity index (χ0) is 17.1. The fourth-order valence-corrected chi connectivity index (χ4v) is 3.38. The van der Waals surface area contributed by atoms with Gasteiger partial charge in [0.2, 0.25) is 5.91 Å². The van der Waals surface area contributed by atoms with E-state index in [1.807, 2.05) is 29.2 Å². The normalized spacial score (nSPS) is 16.5. The number of hydrogen-bond donors (Lipinski definition) is 0. The van der Waals surface area contributed by atoms with Crippen molar-refractivity contribution in [3.63, 3.8) is 0 Å². The van der Waals surface area contributed by atoms with Gasteiger partial charge in [-0.1, -0.05) is 30.3 Å². The molecule has 1 heterocycles. The highest BCUT2D eigenvalue weighted by Crippen LogP contribution is 2.31. The predicted molar refractivity (Wildman–Crippen MR) is 93.5 cm³/mol. The fraction of sp³-hybridized carbons (Fsp3) is 0.350. The quantitative estimate of drug-likeness (QED) is 0.865. The topological polar surface area (TPSA) is 38.8 Å². The molecule has 2 aromatic rings. The first kappa shape index (κ1) is 16.4. The number of rotatable bonds is 4. The Morgan fingerprint density at radius 2 is 1.88 bits per heavy atom. The van der Waals surface area contributed by atoms with Gasteiger partial charge in [-0.3, -0.25) is 4.79 Å². The monoisotopic (exact) mass is 325 g/mol. The van der Waals surface area contributed by atoms with Crippen LogP contribution in [-0.4, -0.2) is 31.6 Å². The molecule has 0 bridgehead atoms. The molecule has 4 nitrogen and oxygen atoms in total. The maximum atomic E-state index is 12.8. The van der Waals surface area contributed by atoms with Crippen LogP contribution in [0.25, 0.3) is 0 Å². The average molecular weight is 325 g/mol. The van der Waals surface area contributed by atoms with Crippen LogP contribution in [0.15, 0.2) is 42.5 Å². The lowest BCUT2D eigenvalue weighted by molar-refractivity contribution is -0.133. The number of benzene rings is 2. The Morgan fingerprint density at radius 3 is 2.62 bits per heavy atom. The molecule has 0 saturated heterocycles. The van der Waals surface area contributed by atoms with Gasteiger partial charge in [-0.2, -0.15) is 0 Å². The molecule has 24 heavy (non-hydrogen) atoms. The van der Waals surface area contributed by atoms with Crippen LogP contribution in [0.1, 0.15) is 29.7 Å². The number of carbonyl (C=O) groups excluding carboxylic acids is 1. The molecular formula is C20H23NO3. The van der Waals surface area contributed by atoms with Gasteiger partial charge in [-0.15, -0.1) is 0 Å². The zero-order valence-corrected chi connectivity index (χ0v) is 14.4. The summed E-state index contributed by atoms with van der Waals surface area (Å²) in [4.78, 5) is 14.8. The van der Waals surface area contributed by atoms with E-state index >= 15 is 0 Å². The molecule has 1 atom stereocenters. The van der Waals surface area contributed by atoms with E-state index < -0.39 is 0 Å². The molecule has 1 aliphatic heterocycles. The fourth-order valence-electron chi connectivity index (χ4n) is 3.38. The number of carbonyl (C=O) groups is 1. The smallest absolute Gasteiger partial charge is 0.227 e. The maximum Gasteiger partial charge on any atom is 0.227 e. The first-order valence-corrected chi connectivity index (χ1v) is 8.22. The van der Waals surface area contributed by atoms with Crippen molar-refractivity contribution >= 4 is 5.91 Å². The molecule has 4 heteroatoms. The second kappa shape index (κ2) is 6.95. The van der Waals surface area contributed by atoms with Gasteiger partial charge in [-0.05, 0) is 42.2 Å². The van der Waals surface area contributed by atoms with Crippen LogP contribution in [-0.2, 0) is 17.6 Å². The highest BCUT2D eigenvalue weighted by atomic mass is 16.5. The lowest BCUT2D eigenvalue weighted by Gasteiger charge is -2.35. The van der Waals surface area contributed by atoms with Gasteiger partial charge in [0.15, 0.2) is 11.5 Å². The van der Waals surface area contributed by atoms with Crippen molar-refractivity contribution in [1.82, 2.24) is 4.90 Å². The van der Waals surface area contributed by atoms with Crippen molar-refractivity contribution in [3.05, 3.63) is 59.2 Å². The third kappa shape index (κ3) is 3.09. The molecule has 0 aromatic heterocycles. The summed E-state index contributed by atoms with van der Waals surface area (Å²) in [5.74, 6) is 1.47. The number of ether oxygens (including phenoxy) is 2. The number of hydrogen-bond acceptors (Lipinski definition) is 3. The molecule has 0 aliphatic carbocycles. The van der Waals surface area contributed by atoms with Crippen molar-refractivity contribution in [2.45, 2.75) is 25.8 Å². The van der Waals surface area contributed by atoms with Gasteiger partial charge in [-0.25, -0.2) is 0 Å². The van der Waals surface area contributed by atoms with Gasteiger partial charge >= 0.3 is 0 Å². The van der Waals surface area contributed by atoms with E-state index in [1.165, 1.54) is 11.1 Å². The lowest BCUT2D eigenvalue weighted by Crippen LogP contribution is -2.39. The Labute approximate surface area is 143 Å². The van der Waals surface area contributed by atoms with E-state index in [9.17, 15) is 4.79 Å². The summed E-state index contributed by atoms with van der Waals surface area (Å²) in [6.07, 6.45) is 1.28. The Morgan fingerprint density at radius 1 is 1.12 bits per heavy atom. The van der Waals surface area contributed by atoms with Gasteiger partial charge < -0.3 is 14.4 Å². The lowest BCUT2D eigenvalue weighted by atomic mass is 9.93.